The zero-order chi connectivity index (χ0) is 15.4. The summed E-state index contributed by atoms with van der Waals surface area (Å²) in [5, 5.41) is 9.90. The zero-order valence-electron chi connectivity index (χ0n) is 13.0. The summed E-state index contributed by atoms with van der Waals surface area (Å²) in [4.78, 5) is 16.7. The molecule has 0 saturated carbocycles. The summed E-state index contributed by atoms with van der Waals surface area (Å²) >= 11 is 0. The Morgan fingerprint density at radius 1 is 1.33 bits per heavy atom. The van der Waals surface area contributed by atoms with E-state index in [-0.39, 0.29) is 11.7 Å². The monoisotopic (exact) mass is 292 g/mol. The van der Waals surface area contributed by atoms with Crippen LogP contribution in [0.25, 0.3) is 0 Å². The van der Waals surface area contributed by atoms with Gasteiger partial charge in [0.2, 0.25) is 0 Å². The normalized spacial score (nSPS) is 17.6. The summed E-state index contributed by atoms with van der Waals surface area (Å²) < 4.78 is 5.12. The summed E-state index contributed by atoms with van der Waals surface area (Å²) in [5.41, 5.74) is 0.311. The van der Waals surface area contributed by atoms with Crippen molar-refractivity contribution in [2.24, 2.45) is 0 Å². The number of ether oxygens (including phenoxy) is 1. The molecule has 0 bridgehead atoms. The number of methoxy groups -OCH3 is 1. The van der Waals surface area contributed by atoms with Gasteiger partial charge in [0.1, 0.15) is 11.5 Å². The summed E-state index contributed by atoms with van der Waals surface area (Å²) in [7, 11) is 1.55. The highest BCUT2D eigenvalue weighted by atomic mass is 16.5. The van der Waals surface area contributed by atoms with E-state index in [1.807, 2.05) is 0 Å². The van der Waals surface area contributed by atoms with Crippen molar-refractivity contribution in [3.63, 3.8) is 0 Å². The van der Waals surface area contributed by atoms with Gasteiger partial charge < -0.3 is 14.7 Å². The summed E-state index contributed by atoms with van der Waals surface area (Å²) in [6, 6.07) is 5.29. The second-order valence-electron chi connectivity index (χ2n) is 5.47. The van der Waals surface area contributed by atoms with Gasteiger partial charge in [0, 0.05) is 32.2 Å². The van der Waals surface area contributed by atoms with Crippen molar-refractivity contribution in [3.05, 3.63) is 23.8 Å². The molecule has 0 radical (unpaired) electrons. The third-order valence-corrected chi connectivity index (χ3v) is 4.25. The molecule has 1 amide bonds. The second-order valence-corrected chi connectivity index (χ2v) is 5.47. The third kappa shape index (κ3) is 3.47. The Balaban J connectivity index is 2.05. The van der Waals surface area contributed by atoms with Crippen molar-refractivity contribution in [2.45, 2.75) is 26.3 Å². The highest BCUT2D eigenvalue weighted by molar-refractivity contribution is 5.97. The molecule has 1 fully saturated rings. The first-order valence-corrected chi connectivity index (χ1v) is 7.47. The Labute approximate surface area is 126 Å². The van der Waals surface area contributed by atoms with Gasteiger partial charge in [0.25, 0.3) is 5.91 Å². The number of hydrogen-bond acceptors (Lipinski definition) is 4. The van der Waals surface area contributed by atoms with Crippen LogP contribution in [0, 0.1) is 0 Å². The first kappa shape index (κ1) is 15.6. The number of benzene rings is 1. The lowest BCUT2D eigenvalue weighted by Gasteiger charge is -2.37. The van der Waals surface area contributed by atoms with Gasteiger partial charge in [-0.1, -0.05) is 6.92 Å². The minimum atomic E-state index is -0.129. The molecule has 0 aliphatic carbocycles. The van der Waals surface area contributed by atoms with Crippen LogP contribution in [0.1, 0.15) is 30.6 Å². The number of nitrogens with zero attached hydrogens (tertiary/aromatic N) is 2. The van der Waals surface area contributed by atoms with E-state index in [2.05, 4.69) is 18.7 Å². The number of piperazine rings is 1. The van der Waals surface area contributed by atoms with Crippen LogP contribution in [0.4, 0.5) is 0 Å². The minimum Gasteiger partial charge on any atom is -0.507 e. The molecule has 5 heteroatoms. The highest BCUT2D eigenvalue weighted by Crippen LogP contribution is 2.24. The molecule has 2 rings (SSSR count). The van der Waals surface area contributed by atoms with E-state index >= 15 is 0 Å². The van der Waals surface area contributed by atoms with Gasteiger partial charge in [-0.25, -0.2) is 0 Å². The van der Waals surface area contributed by atoms with Gasteiger partial charge in [0.05, 0.1) is 12.7 Å². The molecule has 1 aromatic carbocycles. The molecule has 0 spiro atoms. The molecule has 1 saturated heterocycles. The number of hydrogen-bond donors (Lipinski definition) is 1. The van der Waals surface area contributed by atoms with E-state index in [9.17, 15) is 9.90 Å². The van der Waals surface area contributed by atoms with E-state index < -0.39 is 0 Å². The van der Waals surface area contributed by atoms with Crippen molar-refractivity contribution in [1.29, 1.82) is 0 Å². The van der Waals surface area contributed by atoms with E-state index in [0.717, 1.165) is 19.5 Å². The Morgan fingerprint density at radius 2 is 2.00 bits per heavy atom. The van der Waals surface area contributed by atoms with Crippen LogP contribution in [0.5, 0.6) is 11.5 Å². The maximum atomic E-state index is 12.5. The topological polar surface area (TPSA) is 53.0 Å². The molecular weight excluding hydrogens is 268 g/mol. The summed E-state index contributed by atoms with van der Waals surface area (Å²) in [5.74, 6) is 0.453. The average molecular weight is 292 g/mol. The molecule has 5 nitrogen and oxygen atoms in total. The fourth-order valence-electron chi connectivity index (χ4n) is 2.61. The van der Waals surface area contributed by atoms with Crippen LogP contribution in [0.2, 0.25) is 0 Å². The lowest BCUT2D eigenvalue weighted by molar-refractivity contribution is 0.0576. The Hall–Kier alpha value is -1.75. The average Bonchev–Trinajstić information content (AvgIpc) is 2.54. The second kappa shape index (κ2) is 6.80. The van der Waals surface area contributed by atoms with Crippen molar-refractivity contribution < 1.29 is 14.6 Å². The van der Waals surface area contributed by atoms with Gasteiger partial charge in [-0.05, 0) is 31.5 Å². The molecule has 1 heterocycles. The molecule has 1 atom stereocenters. The lowest BCUT2D eigenvalue weighted by Crippen LogP contribution is -2.51. The van der Waals surface area contributed by atoms with Crippen LogP contribution in [0.15, 0.2) is 18.2 Å². The van der Waals surface area contributed by atoms with E-state index in [0.29, 0.717) is 30.4 Å². The number of carbonyl (C=O) groups excluding carboxylic acids is 1. The molecule has 1 aliphatic heterocycles. The number of aromatic hydroxyl groups is 1. The Morgan fingerprint density at radius 3 is 2.57 bits per heavy atom. The number of rotatable bonds is 4. The third-order valence-electron chi connectivity index (χ3n) is 4.25. The maximum Gasteiger partial charge on any atom is 0.257 e. The molecule has 116 valence electrons. The smallest absolute Gasteiger partial charge is 0.257 e. The molecule has 21 heavy (non-hydrogen) atoms. The molecule has 0 aromatic heterocycles. The fourth-order valence-corrected chi connectivity index (χ4v) is 2.61. The van der Waals surface area contributed by atoms with Gasteiger partial charge in [-0.2, -0.15) is 0 Å². The first-order chi connectivity index (χ1) is 10.1. The molecule has 1 aromatic rings. The van der Waals surface area contributed by atoms with Crippen molar-refractivity contribution in [1.82, 2.24) is 9.80 Å². The van der Waals surface area contributed by atoms with Gasteiger partial charge in [0.15, 0.2) is 0 Å². The summed E-state index contributed by atoms with van der Waals surface area (Å²) in [6.07, 6.45) is 1.12. The van der Waals surface area contributed by atoms with Crippen molar-refractivity contribution >= 4 is 5.91 Å². The van der Waals surface area contributed by atoms with Crippen LogP contribution >= 0.6 is 0 Å². The summed E-state index contributed by atoms with van der Waals surface area (Å²) in [6.45, 7) is 7.54. The molecule has 1 unspecified atom stereocenters. The van der Waals surface area contributed by atoms with Crippen LogP contribution in [-0.2, 0) is 0 Å². The molecule has 1 aliphatic rings. The highest BCUT2D eigenvalue weighted by Gasteiger charge is 2.25. The van der Waals surface area contributed by atoms with E-state index in [4.69, 9.17) is 4.74 Å². The Kier molecular flexibility index (Phi) is 5.07. The Bertz CT molecular complexity index is 496. The van der Waals surface area contributed by atoms with Gasteiger partial charge in [-0.15, -0.1) is 0 Å². The van der Waals surface area contributed by atoms with E-state index in [1.165, 1.54) is 6.07 Å². The lowest BCUT2D eigenvalue weighted by atomic mass is 10.1. The fraction of sp³-hybridized carbons (Fsp3) is 0.562. The van der Waals surface area contributed by atoms with E-state index in [1.54, 1.807) is 24.1 Å². The maximum absolute atomic E-state index is 12.5. The number of phenols is 1. The molecular formula is C16H24N2O3. The largest absolute Gasteiger partial charge is 0.507 e. The first-order valence-electron chi connectivity index (χ1n) is 7.47. The predicted molar refractivity (Wildman–Crippen MR) is 81.9 cm³/mol. The van der Waals surface area contributed by atoms with Crippen LogP contribution in [-0.4, -0.2) is 60.1 Å². The van der Waals surface area contributed by atoms with Gasteiger partial charge in [-0.3, -0.25) is 9.69 Å². The minimum absolute atomic E-state index is 0.00477. The van der Waals surface area contributed by atoms with Crippen LogP contribution < -0.4 is 4.74 Å². The quantitative estimate of drug-likeness (QED) is 0.921. The van der Waals surface area contributed by atoms with Gasteiger partial charge >= 0.3 is 0 Å². The number of amides is 1. The standard InChI is InChI=1S/C16H24N2O3/c1-4-12(2)17-7-9-18(10-8-17)16(20)14-11-13(21-3)5-6-15(14)19/h5-6,11-12,19H,4,7-10H2,1-3H3. The number of phenolic OH excluding ortho intramolecular Hbond substituents is 1. The van der Waals surface area contributed by atoms with Crippen molar-refractivity contribution in [3.8, 4) is 11.5 Å². The SMILES string of the molecule is CCC(C)N1CCN(C(=O)c2cc(OC)ccc2O)CC1. The predicted octanol–water partition coefficient (Wildman–Crippen LogP) is 1.96. The number of carbonyl (C=O) groups is 1. The molecule has 1 N–H and O–H groups in total. The van der Waals surface area contributed by atoms with Crippen molar-refractivity contribution in [2.75, 3.05) is 33.3 Å². The zero-order valence-corrected chi connectivity index (χ0v) is 13.0. The van der Waals surface area contributed by atoms with Crippen LogP contribution in [0.3, 0.4) is 0 Å².